The van der Waals surface area contributed by atoms with E-state index in [1.807, 2.05) is 6.20 Å². The quantitative estimate of drug-likeness (QED) is 0.580. The number of rotatable bonds is 5. The van der Waals surface area contributed by atoms with Crippen molar-refractivity contribution in [2.45, 2.75) is 39.7 Å². The van der Waals surface area contributed by atoms with Gasteiger partial charge in [0.15, 0.2) is 0 Å². The number of aromatic nitrogens is 3. The summed E-state index contributed by atoms with van der Waals surface area (Å²) in [7, 11) is 0. The fourth-order valence-electron chi connectivity index (χ4n) is 2.01. The van der Waals surface area contributed by atoms with Gasteiger partial charge in [0.1, 0.15) is 23.0 Å². The Bertz CT molecular complexity index is 580. The smallest absolute Gasteiger partial charge is 0.148 e. The van der Waals surface area contributed by atoms with Crippen molar-refractivity contribution in [3.8, 4) is 0 Å². The zero-order valence-electron chi connectivity index (χ0n) is 12.1. The van der Waals surface area contributed by atoms with Crippen molar-refractivity contribution in [3.05, 3.63) is 28.0 Å². The maximum atomic E-state index is 5.52. The lowest BCUT2D eigenvalue weighted by molar-refractivity contribution is 0.815. The van der Waals surface area contributed by atoms with Gasteiger partial charge < -0.3 is 10.7 Å². The maximum Gasteiger partial charge on any atom is 0.148 e. The van der Waals surface area contributed by atoms with Crippen LogP contribution in [0.25, 0.3) is 0 Å². The Labute approximate surface area is 122 Å². The number of aryl methyl sites for hydroxylation is 1. The molecule has 0 aliphatic heterocycles. The average molecular weight is 292 g/mol. The summed E-state index contributed by atoms with van der Waals surface area (Å²) in [6.45, 7) is 8.29. The summed E-state index contributed by atoms with van der Waals surface area (Å²) in [6, 6.07) is 0.0896. The molecule has 0 saturated carbocycles. The largest absolute Gasteiger partial charge is 0.361 e. The van der Waals surface area contributed by atoms with Crippen LogP contribution in [0.15, 0.2) is 12.5 Å². The average Bonchev–Trinajstić information content (AvgIpc) is 2.84. The fourth-order valence-corrected chi connectivity index (χ4v) is 2.79. The molecule has 0 fully saturated rings. The molecule has 1 atom stereocenters. The van der Waals surface area contributed by atoms with Crippen LogP contribution < -0.4 is 16.6 Å². The second kappa shape index (κ2) is 6.15. The number of hydrogen-bond donors (Lipinski definition) is 3. The third kappa shape index (κ3) is 3.05. The molecule has 0 bridgehead atoms. The van der Waals surface area contributed by atoms with Gasteiger partial charge in [-0.2, -0.15) is 0 Å². The van der Waals surface area contributed by atoms with E-state index in [0.29, 0.717) is 5.82 Å². The molecule has 2 heterocycles. The van der Waals surface area contributed by atoms with Crippen LogP contribution in [-0.2, 0) is 0 Å². The lowest BCUT2D eigenvalue weighted by atomic mass is 10.0. The lowest BCUT2D eigenvalue weighted by Crippen LogP contribution is -2.16. The number of hydrazine groups is 1. The molecular weight excluding hydrogens is 272 g/mol. The van der Waals surface area contributed by atoms with Crippen molar-refractivity contribution in [2.75, 3.05) is 10.7 Å². The summed E-state index contributed by atoms with van der Waals surface area (Å²) in [5.74, 6) is 7.23. The van der Waals surface area contributed by atoms with Crippen LogP contribution in [-0.4, -0.2) is 15.0 Å². The first kappa shape index (κ1) is 14.7. The predicted molar refractivity (Wildman–Crippen MR) is 82.8 cm³/mol. The molecule has 0 saturated heterocycles. The minimum Gasteiger partial charge on any atom is -0.361 e. The van der Waals surface area contributed by atoms with Crippen LogP contribution in [0.4, 0.5) is 11.6 Å². The van der Waals surface area contributed by atoms with Crippen molar-refractivity contribution in [2.24, 2.45) is 5.84 Å². The standard InChI is InChI=1S/C13H20N6S/c1-7(2)10-11(16-6-17-12(10)19-14)18-9(4)13-15-5-8(3)20-13/h5-7,9H,14H2,1-4H3,(H2,16,17,18,19). The van der Waals surface area contributed by atoms with Crippen LogP contribution in [0, 0.1) is 6.92 Å². The highest BCUT2D eigenvalue weighted by molar-refractivity contribution is 7.11. The highest BCUT2D eigenvalue weighted by atomic mass is 32.1. The molecule has 1 unspecified atom stereocenters. The van der Waals surface area contributed by atoms with Gasteiger partial charge in [-0.1, -0.05) is 13.8 Å². The fraction of sp³-hybridized carbons (Fsp3) is 0.462. The second-order valence-corrected chi connectivity index (χ2v) is 6.23. The van der Waals surface area contributed by atoms with Crippen LogP contribution >= 0.6 is 11.3 Å². The number of nitrogens with two attached hydrogens (primary N) is 1. The maximum absolute atomic E-state index is 5.52. The Balaban J connectivity index is 2.29. The summed E-state index contributed by atoms with van der Waals surface area (Å²) < 4.78 is 0. The molecule has 108 valence electrons. The van der Waals surface area contributed by atoms with E-state index in [-0.39, 0.29) is 12.0 Å². The molecule has 4 N–H and O–H groups in total. The van der Waals surface area contributed by atoms with E-state index in [1.54, 1.807) is 11.3 Å². The van der Waals surface area contributed by atoms with E-state index < -0.39 is 0 Å². The monoisotopic (exact) mass is 292 g/mol. The van der Waals surface area contributed by atoms with Crippen LogP contribution in [0.5, 0.6) is 0 Å². The molecule has 0 amide bonds. The number of nitrogen functional groups attached to an aromatic ring is 1. The molecule has 2 aromatic rings. The van der Waals surface area contributed by atoms with E-state index in [0.717, 1.165) is 16.4 Å². The zero-order chi connectivity index (χ0) is 14.7. The Morgan fingerprint density at radius 2 is 1.85 bits per heavy atom. The Hall–Kier alpha value is -1.73. The van der Waals surface area contributed by atoms with Gasteiger partial charge >= 0.3 is 0 Å². The van der Waals surface area contributed by atoms with Gasteiger partial charge in [-0.15, -0.1) is 11.3 Å². The molecule has 7 heteroatoms. The Morgan fingerprint density at radius 1 is 1.15 bits per heavy atom. The van der Waals surface area contributed by atoms with Gasteiger partial charge in [-0.3, -0.25) is 0 Å². The molecule has 2 aromatic heterocycles. The van der Waals surface area contributed by atoms with Gasteiger partial charge in [0.25, 0.3) is 0 Å². The Kier molecular flexibility index (Phi) is 4.51. The van der Waals surface area contributed by atoms with Gasteiger partial charge in [0.05, 0.1) is 6.04 Å². The molecule has 20 heavy (non-hydrogen) atoms. The molecule has 0 aromatic carbocycles. The van der Waals surface area contributed by atoms with E-state index in [9.17, 15) is 0 Å². The van der Waals surface area contributed by atoms with Gasteiger partial charge in [0.2, 0.25) is 0 Å². The molecule has 0 spiro atoms. The van der Waals surface area contributed by atoms with Crippen molar-refractivity contribution in [1.82, 2.24) is 15.0 Å². The summed E-state index contributed by atoms with van der Waals surface area (Å²) in [5, 5.41) is 4.44. The van der Waals surface area contributed by atoms with Crippen molar-refractivity contribution < 1.29 is 0 Å². The SMILES string of the molecule is Cc1cnc(C(C)Nc2ncnc(NN)c2C(C)C)s1. The molecule has 0 aliphatic rings. The van der Waals surface area contributed by atoms with Crippen LogP contribution in [0.3, 0.4) is 0 Å². The normalized spacial score (nSPS) is 12.5. The number of nitrogens with one attached hydrogen (secondary N) is 2. The minimum atomic E-state index is 0.0896. The highest BCUT2D eigenvalue weighted by Gasteiger charge is 2.17. The zero-order valence-corrected chi connectivity index (χ0v) is 13.0. The third-order valence-electron chi connectivity index (χ3n) is 2.96. The number of nitrogens with zero attached hydrogens (tertiary/aromatic N) is 3. The van der Waals surface area contributed by atoms with Crippen LogP contribution in [0.2, 0.25) is 0 Å². The van der Waals surface area contributed by atoms with E-state index in [2.05, 4.69) is 53.4 Å². The number of hydrogen-bond acceptors (Lipinski definition) is 7. The first-order valence-corrected chi connectivity index (χ1v) is 7.35. The highest BCUT2D eigenvalue weighted by Crippen LogP contribution is 2.30. The summed E-state index contributed by atoms with van der Waals surface area (Å²) >= 11 is 1.68. The predicted octanol–water partition coefficient (Wildman–Crippen LogP) is 2.82. The van der Waals surface area contributed by atoms with E-state index in [4.69, 9.17) is 5.84 Å². The topological polar surface area (TPSA) is 88.8 Å². The van der Waals surface area contributed by atoms with E-state index in [1.165, 1.54) is 11.2 Å². The summed E-state index contributed by atoms with van der Waals surface area (Å²) in [6.07, 6.45) is 3.39. The number of thiazole rings is 1. The number of anilines is 2. The third-order valence-corrected chi connectivity index (χ3v) is 4.06. The Morgan fingerprint density at radius 3 is 2.40 bits per heavy atom. The van der Waals surface area contributed by atoms with Gasteiger partial charge in [-0.25, -0.2) is 20.8 Å². The van der Waals surface area contributed by atoms with Gasteiger partial charge in [0, 0.05) is 16.6 Å². The van der Waals surface area contributed by atoms with Crippen molar-refractivity contribution in [3.63, 3.8) is 0 Å². The molecule has 2 rings (SSSR count). The summed E-state index contributed by atoms with van der Waals surface area (Å²) in [4.78, 5) is 14.1. The first-order valence-electron chi connectivity index (χ1n) is 6.53. The molecule has 0 radical (unpaired) electrons. The summed E-state index contributed by atoms with van der Waals surface area (Å²) in [5.41, 5.74) is 3.61. The second-order valence-electron chi connectivity index (χ2n) is 4.96. The molecule has 0 aliphatic carbocycles. The van der Waals surface area contributed by atoms with Gasteiger partial charge in [-0.05, 0) is 19.8 Å². The van der Waals surface area contributed by atoms with Crippen molar-refractivity contribution >= 4 is 23.0 Å². The first-order chi connectivity index (χ1) is 9.52. The lowest BCUT2D eigenvalue weighted by Gasteiger charge is -2.19. The minimum absolute atomic E-state index is 0.0896. The van der Waals surface area contributed by atoms with E-state index >= 15 is 0 Å². The molecular formula is C13H20N6S. The molecule has 6 nitrogen and oxygen atoms in total. The van der Waals surface area contributed by atoms with Crippen LogP contribution in [0.1, 0.15) is 48.2 Å². The van der Waals surface area contributed by atoms with Crippen molar-refractivity contribution in [1.29, 1.82) is 0 Å².